The van der Waals surface area contributed by atoms with Crippen molar-refractivity contribution < 1.29 is 38.1 Å². The first-order chi connectivity index (χ1) is 19.4. The summed E-state index contributed by atoms with van der Waals surface area (Å²) in [6, 6.07) is 21.7. The number of nitrogens with zero attached hydrogens (tertiary/aromatic N) is 3. The van der Waals surface area contributed by atoms with Gasteiger partial charge in [-0.05, 0) is 29.3 Å². The smallest absolute Gasteiger partial charge is 0.415 e. The van der Waals surface area contributed by atoms with Gasteiger partial charge in [0.2, 0.25) is 0 Å². The molecule has 3 aromatic carbocycles. The maximum Gasteiger partial charge on any atom is 0.415 e. The van der Waals surface area contributed by atoms with E-state index in [2.05, 4.69) is 0 Å². The molecule has 0 aliphatic carbocycles. The molecule has 3 aromatic rings. The lowest BCUT2D eigenvalue weighted by atomic mass is 10.1. The maximum absolute atomic E-state index is 15.5. The number of hydrogen-bond acceptors (Lipinski definition) is 7. The molecule has 2 fully saturated rings. The molecule has 0 saturated carbocycles. The van der Waals surface area contributed by atoms with Gasteiger partial charge in [0.15, 0.2) is 0 Å². The number of rotatable bonds is 8. The van der Waals surface area contributed by atoms with Gasteiger partial charge in [-0.3, -0.25) is 9.80 Å². The summed E-state index contributed by atoms with van der Waals surface area (Å²) >= 11 is 0. The van der Waals surface area contributed by atoms with E-state index in [0.717, 1.165) is 17.2 Å². The molecule has 40 heavy (non-hydrogen) atoms. The summed E-state index contributed by atoms with van der Waals surface area (Å²) in [5, 5.41) is 9.29. The fraction of sp³-hybridized carbons (Fsp3) is 0.276. The van der Waals surface area contributed by atoms with Crippen LogP contribution in [-0.2, 0) is 27.4 Å². The minimum absolute atomic E-state index is 0.0202. The van der Waals surface area contributed by atoms with Gasteiger partial charge in [-0.25, -0.2) is 18.8 Å². The zero-order valence-electron chi connectivity index (χ0n) is 21.5. The lowest BCUT2D eigenvalue weighted by Crippen LogP contribution is -2.63. The SMILES string of the molecule is O=C(OCc1ccccc1)N1CC(N(C(=O)OCc2ccccc2)c2ccc(N3C[C@H](CO)OC3=O)cc2F)C1. The Morgan fingerprint density at radius 2 is 1.55 bits per heavy atom. The van der Waals surface area contributed by atoms with Gasteiger partial charge in [-0.15, -0.1) is 0 Å². The Morgan fingerprint density at radius 3 is 2.12 bits per heavy atom. The number of likely N-dealkylation sites (tertiary alicyclic amines) is 1. The highest BCUT2D eigenvalue weighted by Gasteiger charge is 2.41. The minimum Gasteiger partial charge on any atom is -0.445 e. The summed E-state index contributed by atoms with van der Waals surface area (Å²) in [5.74, 6) is -0.764. The van der Waals surface area contributed by atoms with E-state index in [1.54, 1.807) is 12.1 Å². The number of benzene rings is 3. The van der Waals surface area contributed by atoms with Gasteiger partial charge >= 0.3 is 18.3 Å². The molecular weight excluding hydrogens is 521 g/mol. The quantitative estimate of drug-likeness (QED) is 0.417. The van der Waals surface area contributed by atoms with Crippen molar-refractivity contribution in [2.24, 2.45) is 0 Å². The van der Waals surface area contributed by atoms with Gasteiger partial charge < -0.3 is 24.2 Å². The Hall–Kier alpha value is -4.64. The van der Waals surface area contributed by atoms with Gasteiger partial charge in [-0.1, -0.05) is 60.7 Å². The van der Waals surface area contributed by atoms with E-state index < -0.39 is 36.2 Å². The van der Waals surface area contributed by atoms with E-state index in [4.69, 9.17) is 14.2 Å². The standard InChI is InChI=1S/C29H28FN3O7/c30-25-13-22(32-16-24(17-34)40-28(32)36)11-12-26(25)33(29(37)39-19-21-9-5-2-6-10-21)23-14-31(15-23)27(35)38-18-20-7-3-1-4-8-20/h1-13,23-24,34H,14-19H2/t24-/m1/s1. The van der Waals surface area contributed by atoms with E-state index in [-0.39, 0.29) is 50.8 Å². The molecule has 10 nitrogen and oxygen atoms in total. The third kappa shape index (κ3) is 5.99. The molecule has 2 aliphatic rings. The van der Waals surface area contributed by atoms with Crippen LogP contribution in [0.1, 0.15) is 11.1 Å². The number of cyclic esters (lactones) is 1. The van der Waals surface area contributed by atoms with Gasteiger partial charge in [0.1, 0.15) is 25.1 Å². The Kier molecular flexibility index (Phi) is 8.11. The van der Waals surface area contributed by atoms with Crippen LogP contribution in [-0.4, -0.2) is 66.7 Å². The van der Waals surface area contributed by atoms with Crippen molar-refractivity contribution in [3.05, 3.63) is 95.8 Å². The predicted octanol–water partition coefficient (Wildman–Crippen LogP) is 4.31. The predicted molar refractivity (Wildman–Crippen MR) is 142 cm³/mol. The van der Waals surface area contributed by atoms with Crippen molar-refractivity contribution in [2.75, 3.05) is 36.0 Å². The van der Waals surface area contributed by atoms with E-state index in [0.29, 0.717) is 0 Å². The summed E-state index contributed by atoms with van der Waals surface area (Å²) in [5.41, 5.74) is 1.76. The van der Waals surface area contributed by atoms with E-state index in [9.17, 15) is 19.5 Å². The summed E-state index contributed by atoms with van der Waals surface area (Å²) in [6.07, 6.45) is -2.73. The summed E-state index contributed by atoms with van der Waals surface area (Å²) in [4.78, 5) is 41.8. The zero-order chi connectivity index (χ0) is 28.1. The molecule has 0 aromatic heterocycles. The number of carbonyl (C=O) groups excluding carboxylic acids is 3. The van der Waals surface area contributed by atoms with Crippen molar-refractivity contribution >= 4 is 29.7 Å². The molecule has 2 aliphatic heterocycles. The highest BCUT2D eigenvalue weighted by atomic mass is 19.1. The monoisotopic (exact) mass is 549 g/mol. The van der Waals surface area contributed by atoms with Gasteiger partial charge in [-0.2, -0.15) is 0 Å². The van der Waals surface area contributed by atoms with Crippen LogP contribution in [0.2, 0.25) is 0 Å². The molecule has 2 saturated heterocycles. The highest BCUT2D eigenvalue weighted by molar-refractivity contribution is 5.92. The molecule has 0 radical (unpaired) electrons. The molecule has 2 heterocycles. The number of hydrogen-bond donors (Lipinski definition) is 1. The normalized spacial score (nSPS) is 16.8. The van der Waals surface area contributed by atoms with Crippen LogP contribution >= 0.6 is 0 Å². The third-order valence-corrected chi connectivity index (χ3v) is 6.67. The maximum atomic E-state index is 15.5. The second kappa shape index (κ2) is 12.0. The molecule has 0 unspecified atom stereocenters. The molecule has 1 N–H and O–H groups in total. The van der Waals surface area contributed by atoms with Crippen molar-refractivity contribution in [1.82, 2.24) is 4.90 Å². The second-order valence-corrected chi connectivity index (χ2v) is 9.44. The molecule has 5 rings (SSSR count). The minimum atomic E-state index is -0.779. The topological polar surface area (TPSA) is 109 Å². The van der Waals surface area contributed by atoms with Crippen LogP contribution in [0, 0.1) is 5.82 Å². The molecular formula is C29H28FN3O7. The number of carbonyl (C=O) groups is 3. The van der Waals surface area contributed by atoms with Crippen molar-refractivity contribution in [1.29, 1.82) is 0 Å². The average Bonchev–Trinajstić information content (AvgIpc) is 3.34. The number of ether oxygens (including phenoxy) is 3. The number of anilines is 2. The van der Waals surface area contributed by atoms with Crippen molar-refractivity contribution in [3.8, 4) is 0 Å². The fourth-order valence-corrected chi connectivity index (χ4v) is 4.50. The Balaban J connectivity index is 1.30. The van der Waals surface area contributed by atoms with Gasteiger partial charge in [0.05, 0.1) is 30.6 Å². The first-order valence-corrected chi connectivity index (χ1v) is 12.8. The van der Waals surface area contributed by atoms with Crippen LogP contribution in [0.5, 0.6) is 0 Å². The fourth-order valence-electron chi connectivity index (χ4n) is 4.50. The number of aliphatic hydroxyl groups is 1. The van der Waals surface area contributed by atoms with E-state index in [1.165, 1.54) is 26.8 Å². The lowest BCUT2D eigenvalue weighted by Gasteiger charge is -2.43. The van der Waals surface area contributed by atoms with Crippen molar-refractivity contribution in [2.45, 2.75) is 25.4 Å². The van der Waals surface area contributed by atoms with E-state index in [1.807, 2.05) is 48.5 Å². The van der Waals surface area contributed by atoms with E-state index >= 15 is 4.39 Å². The Bertz CT molecular complexity index is 1350. The van der Waals surface area contributed by atoms with Crippen LogP contribution in [0.3, 0.4) is 0 Å². The third-order valence-electron chi connectivity index (χ3n) is 6.67. The average molecular weight is 550 g/mol. The summed E-state index contributed by atoms with van der Waals surface area (Å²) in [7, 11) is 0. The molecule has 11 heteroatoms. The molecule has 0 spiro atoms. The highest BCUT2D eigenvalue weighted by Crippen LogP contribution is 2.31. The van der Waals surface area contributed by atoms with Gasteiger partial charge in [0, 0.05) is 13.1 Å². The molecule has 3 amide bonds. The summed E-state index contributed by atoms with van der Waals surface area (Å²) in [6.45, 7) is 0.0383. The molecule has 208 valence electrons. The lowest BCUT2D eigenvalue weighted by molar-refractivity contribution is 0.0632. The molecule has 0 bridgehead atoms. The Labute approximate surface area is 230 Å². The van der Waals surface area contributed by atoms with Crippen molar-refractivity contribution in [3.63, 3.8) is 0 Å². The number of amides is 3. The number of aliphatic hydroxyl groups excluding tert-OH is 1. The first-order valence-electron chi connectivity index (χ1n) is 12.8. The first kappa shape index (κ1) is 26.9. The second-order valence-electron chi connectivity index (χ2n) is 9.44. The van der Waals surface area contributed by atoms with Crippen LogP contribution in [0.4, 0.5) is 30.1 Å². The summed E-state index contributed by atoms with van der Waals surface area (Å²) < 4.78 is 31.4. The van der Waals surface area contributed by atoms with Crippen LogP contribution in [0.25, 0.3) is 0 Å². The zero-order valence-corrected chi connectivity index (χ0v) is 21.5. The molecule has 1 atom stereocenters. The Morgan fingerprint density at radius 1 is 0.925 bits per heavy atom. The van der Waals surface area contributed by atoms with Crippen LogP contribution in [0.15, 0.2) is 78.9 Å². The largest absolute Gasteiger partial charge is 0.445 e. The van der Waals surface area contributed by atoms with Gasteiger partial charge in [0.25, 0.3) is 0 Å². The van der Waals surface area contributed by atoms with Crippen LogP contribution < -0.4 is 9.80 Å². The number of halogens is 1.